The van der Waals surface area contributed by atoms with E-state index in [0.717, 1.165) is 32.4 Å². The van der Waals surface area contributed by atoms with E-state index in [2.05, 4.69) is 11.6 Å². The summed E-state index contributed by atoms with van der Waals surface area (Å²) in [6, 6.07) is 6.21. The molecule has 1 aliphatic heterocycles. The Labute approximate surface area is 145 Å². The van der Waals surface area contributed by atoms with Crippen LogP contribution in [-0.2, 0) is 10.0 Å². The van der Waals surface area contributed by atoms with E-state index in [-0.39, 0.29) is 10.8 Å². The summed E-state index contributed by atoms with van der Waals surface area (Å²) in [6.07, 6.45) is 3.35. The molecule has 1 unspecified atom stereocenters. The van der Waals surface area contributed by atoms with Gasteiger partial charge in [-0.2, -0.15) is 0 Å². The predicted molar refractivity (Wildman–Crippen MR) is 95.4 cm³/mol. The molecule has 1 aliphatic rings. The first-order valence-corrected chi connectivity index (χ1v) is 10.0. The smallest absolute Gasteiger partial charge is 0.253 e. The lowest BCUT2D eigenvalue weighted by atomic mass is 10.0. The summed E-state index contributed by atoms with van der Waals surface area (Å²) in [5, 5.41) is 0. The van der Waals surface area contributed by atoms with Crippen LogP contribution < -0.4 is 4.72 Å². The Balaban J connectivity index is 2.08. The van der Waals surface area contributed by atoms with Crippen molar-refractivity contribution in [2.45, 2.75) is 57.4 Å². The molecule has 2 rings (SSSR count). The second-order valence-electron chi connectivity index (χ2n) is 7.57. The standard InChI is InChI=1S/C18H28N2O3S/c1-5-6-14-11-12-20(13-14)17(21)15-7-9-16(10-8-15)24(22,23)19-18(2,3)4/h7-10,14,19H,5-6,11-13H2,1-4H3. The molecular weight excluding hydrogens is 324 g/mol. The number of rotatable bonds is 5. The Bertz CT molecular complexity index is 675. The molecule has 1 N–H and O–H groups in total. The molecule has 0 bridgehead atoms. The molecule has 1 aromatic rings. The highest BCUT2D eigenvalue weighted by atomic mass is 32.2. The van der Waals surface area contributed by atoms with Gasteiger partial charge in [0.25, 0.3) is 5.91 Å². The molecule has 1 amide bonds. The summed E-state index contributed by atoms with van der Waals surface area (Å²) in [5.74, 6) is 0.580. The van der Waals surface area contributed by atoms with Crippen LogP contribution in [0.3, 0.4) is 0 Å². The van der Waals surface area contributed by atoms with E-state index >= 15 is 0 Å². The molecule has 0 radical (unpaired) electrons. The van der Waals surface area contributed by atoms with Crippen molar-refractivity contribution in [3.05, 3.63) is 29.8 Å². The monoisotopic (exact) mass is 352 g/mol. The van der Waals surface area contributed by atoms with Gasteiger partial charge in [-0.05, 0) is 63.8 Å². The molecule has 0 spiro atoms. The summed E-state index contributed by atoms with van der Waals surface area (Å²) >= 11 is 0. The quantitative estimate of drug-likeness (QED) is 0.886. The van der Waals surface area contributed by atoms with Crippen molar-refractivity contribution < 1.29 is 13.2 Å². The SMILES string of the molecule is CCCC1CCN(C(=O)c2ccc(S(=O)(=O)NC(C)(C)C)cc2)C1. The molecule has 0 aliphatic carbocycles. The highest BCUT2D eigenvalue weighted by Gasteiger charge is 2.27. The van der Waals surface area contributed by atoms with Crippen LogP contribution in [-0.4, -0.2) is 37.9 Å². The second-order valence-corrected chi connectivity index (χ2v) is 9.26. The Morgan fingerprint density at radius 1 is 1.25 bits per heavy atom. The number of likely N-dealkylation sites (tertiary alicyclic amines) is 1. The van der Waals surface area contributed by atoms with Crippen molar-refractivity contribution in [2.24, 2.45) is 5.92 Å². The third kappa shape index (κ3) is 4.80. The first kappa shape index (κ1) is 18.9. The molecule has 24 heavy (non-hydrogen) atoms. The predicted octanol–water partition coefficient (Wildman–Crippen LogP) is 3.03. The van der Waals surface area contributed by atoms with Crippen molar-refractivity contribution >= 4 is 15.9 Å². The van der Waals surface area contributed by atoms with E-state index in [1.54, 1.807) is 32.9 Å². The van der Waals surface area contributed by atoms with Crippen molar-refractivity contribution in [1.82, 2.24) is 9.62 Å². The number of nitrogens with zero attached hydrogens (tertiary/aromatic N) is 1. The van der Waals surface area contributed by atoms with Gasteiger partial charge in [0.2, 0.25) is 10.0 Å². The molecule has 6 heteroatoms. The first-order chi connectivity index (χ1) is 11.1. The van der Waals surface area contributed by atoms with Crippen LogP contribution in [0.25, 0.3) is 0 Å². The fourth-order valence-corrected chi connectivity index (χ4v) is 4.50. The first-order valence-electron chi connectivity index (χ1n) is 8.55. The number of hydrogen-bond acceptors (Lipinski definition) is 3. The molecular formula is C18H28N2O3S. The normalized spacial score (nSPS) is 18.8. The van der Waals surface area contributed by atoms with Crippen LogP contribution >= 0.6 is 0 Å². The summed E-state index contributed by atoms with van der Waals surface area (Å²) in [7, 11) is -3.57. The average molecular weight is 353 g/mol. The minimum absolute atomic E-state index is 0.0127. The van der Waals surface area contributed by atoms with Gasteiger partial charge in [-0.25, -0.2) is 13.1 Å². The van der Waals surface area contributed by atoms with Gasteiger partial charge in [0, 0.05) is 24.2 Å². The topological polar surface area (TPSA) is 66.5 Å². The number of carbonyl (C=O) groups is 1. The van der Waals surface area contributed by atoms with Gasteiger partial charge < -0.3 is 4.90 Å². The van der Waals surface area contributed by atoms with Gasteiger partial charge >= 0.3 is 0 Å². The fraction of sp³-hybridized carbons (Fsp3) is 0.611. The van der Waals surface area contributed by atoms with Crippen LogP contribution in [0.2, 0.25) is 0 Å². The maximum Gasteiger partial charge on any atom is 0.253 e. The number of nitrogens with one attached hydrogen (secondary N) is 1. The third-order valence-corrected chi connectivity index (χ3v) is 5.90. The van der Waals surface area contributed by atoms with Crippen molar-refractivity contribution in [2.75, 3.05) is 13.1 Å². The Hall–Kier alpha value is -1.40. The summed E-state index contributed by atoms with van der Waals surface area (Å²) in [6.45, 7) is 9.14. The highest BCUT2D eigenvalue weighted by molar-refractivity contribution is 7.89. The average Bonchev–Trinajstić information content (AvgIpc) is 2.93. The Morgan fingerprint density at radius 2 is 1.88 bits per heavy atom. The molecule has 0 saturated carbocycles. The largest absolute Gasteiger partial charge is 0.338 e. The number of carbonyl (C=O) groups excluding carboxylic acids is 1. The minimum atomic E-state index is -3.57. The zero-order chi connectivity index (χ0) is 18.0. The molecule has 5 nitrogen and oxygen atoms in total. The maximum atomic E-state index is 12.5. The molecule has 1 saturated heterocycles. The van der Waals surface area contributed by atoms with E-state index in [0.29, 0.717) is 11.5 Å². The van der Waals surface area contributed by atoms with Gasteiger partial charge in [-0.1, -0.05) is 13.3 Å². The van der Waals surface area contributed by atoms with E-state index < -0.39 is 15.6 Å². The maximum absolute atomic E-state index is 12.5. The van der Waals surface area contributed by atoms with E-state index in [1.807, 2.05) is 4.90 Å². The number of sulfonamides is 1. The van der Waals surface area contributed by atoms with E-state index in [4.69, 9.17) is 0 Å². The lowest BCUT2D eigenvalue weighted by molar-refractivity contribution is 0.0786. The number of hydrogen-bond donors (Lipinski definition) is 1. The minimum Gasteiger partial charge on any atom is -0.338 e. The van der Waals surface area contributed by atoms with E-state index in [9.17, 15) is 13.2 Å². The summed E-state index contributed by atoms with van der Waals surface area (Å²) in [5.41, 5.74) is -0.00109. The van der Waals surface area contributed by atoms with Gasteiger partial charge in [-0.15, -0.1) is 0 Å². The Kier molecular flexibility index (Phi) is 5.71. The number of benzene rings is 1. The lowest BCUT2D eigenvalue weighted by Gasteiger charge is -2.20. The summed E-state index contributed by atoms with van der Waals surface area (Å²) < 4.78 is 27.2. The molecule has 1 atom stereocenters. The van der Waals surface area contributed by atoms with Crippen LogP contribution in [0.5, 0.6) is 0 Å². The van der Waals surface area contributed by atoms with Gasteiger partial charge in [0.1, 0.15) is 0 Å². The molecule has 1 fully saturated rings. The number of amides is 1. The van der Waals surface area contributed by atoms with Gasteiger partial charge in [0.05, 0.1) is 4.90 Å². The van der Waals surface area contributed by atoms with Crippen LogP contribution in [0.4, 0.5) is 0 Å². The second kappa shape index (κ2) is 7.23. The zero-order valence-electron chi connectivity index (χ0n) is 15.0. The summed E-state index contributed by atoms with van der Waals surface area (Å²) in [4.78, 5) is 14.6. The van der Waals surface area contributed by atoms with Crippen molar-refractivity contribution in [1.29, 1.82) is 0 Å². The van der Waals surface area contributed by atoms with Crippen LogP contribution in [0, 0.1) is 5.92 Å². The Morgan fingerprint density at radius 3 is 2.42 bits per heavy atom. The van der Waals surface area contributed by atoms with Crippen molar-refractivity contribution in [3.8, 4) is 0 Å². The van der Waals surface area contributed by atoms with Gasteiger partial charge in [0.15, 0.2) is 0 Å². The molecule has 0 aromatic heterocycles. The van der Waals surface area contributed by atoms with E-state index in [1.165, 1.54) is 12.1 Å². The zero-order valence-corrected chi connectivity index (χ0v) is 15.8. The fourth-order valence-electron chi connectivity index (χ4n) is 3.08. The van der Waals surface area contributed by atoms with Crippen LogP contribution in [0.15, 0.2) is 29.2 Å². The molecule has 1 heterocycles. The van der Waals surface area contributed by atoms with Crippen LogP contribution in [0.1, 0.15) is 57.3 Å². The lowest BCUT2D eigenvalue weighted by Crippen LogP contribution is -2.40. The van der Waals surface area contributed by atoms with Gasteiger partial charge in [-0.3, -0.25) is 4.79 Å². The highest BCUT2D eigenvalue weighted by Crippen LogP contribution is 2.23. The molecule has 134 valence electrons. The molecule has 1 aromatic carbocycles. The third-order valence-electron chi connectivity index (χ3n) is 4.12. The van der Waals surface area contributed by atoms with Crippen molar-refractivity contribution in [3.63, 3.8) is 0 Å².